The van der Waals surface area contributed by atoms with E-state index in [1.807, 2.05) is 0 Å². The fourth-order valence-electron chi connectivity index (χ4n) is 2.21. The van der Waals surface area contributed by atoms with Gasteiger partial charge in [0, 0.05) is 19.2 Å². The maximum absolute atomic E-state index is 13.7. The second kappa shape index (κ2) is 5.21. The SMILES string of the molecule is Nc1c([N+](=O)[O-])ccc(F)c1C(=O)N1CCCCC1. The lowest BCUT2D eigenvalue weighted by atomic mass is 10.1. The number of nitro groups is 1. The molecule has 102 valence electrons. The zero-order chi connectivity index (χ0) is 14.0. The highest BCUT2D eigenvalue weighted by molar-refractivity contribution is 6.01. The molecule has 0 unspecified atom stereocenters. The predicted octanol–water partition coefficient (Wildman–Crippen LogP) is 1.94. The molecule has 19 heavy (non-hydrogen) atoms. The Morgan fingerprint density at radius 2 is 1.95 bits per heavy atom. The van der Waals surface area contributed by atoms with Crippen LogP contribution < -0.4 is 5.73 Å². The summed E-state index contributed by atoms with van der Waals surface area (Å²) >= 11 is 0. The van der Waals surface area contributed by atoms with Gasteiger partial charge in [-0.3, -0.25) is 14.9 Å². The van der Waals surface area contributed by atoms with Crippen LogP contribution in [-0.4, -0.2) is 28.8 Å². The van der Waals surface area contributed by atoms with Gasteiger partial charge in [0.1, 0.15) is 17.1 Å². The lowest BCUT2D eigenvalue weighted by molar-refractivity contribution is -0.384. The van der Waals surface area contributed by atoms with Crippen LogP contribution >= 0.6 is 0 Å². The van der Waals surface area contributed by atoms with Gasteiger partial charge >= 0.3 is 0 Å². The molecule has 1 saturated heterocycles. The van der Waals surface area contributed by atoms with Gasteiger partial charge in [-0.25, -0.2) is 4.39 Å². The monoisotopic (exact) mass is 267 g/mol. The van der Waals surface area contributed by atoms with Gasteiger partial charge in [0.05, 0.1) is 4.92 Å². The smallest absolute Gasteiger partial charge is 0.293 e. The average Bonchev–Trinajstić information content (AvgIpc) is 2.39. The molecule has 1 aliphatic heterocycles. The fraction of sp³-hybridized carbons (Fsp3) is 0.417. The highest BCUT2D eigenvalue weighted by Crippen LogP contribution is 2.29. The molecule has 1 aromatic rings. The van der Waals surface area contributed by atoms with E-state index in [9.17, 15) is 19.3 Å². The van der Waals surface area contributed by atoms with E-state index >= 15 is 0 Å². The van der Waals surface area contributed by atoms with Crippen molar-refractivity contribution < 1.29 is 14.1 Å². The topological polar surface area (TPSA) is 89.5 Å². The van der Waals surface area contributed by atoms with Gasteiger partial charge in [-0.05, 0) is 25.3 Å². The largest absolute Gasteiger partial charge is 0.392 e. The normalized spacial score (nSPS) is 15.3. The molecule has 1 amide bonds. The second-order valence-electron chi connectivity index (χ2n) is 4.47. The molecule has 2 N–H and O–H groups in total. The number of nitrogens with zero attached hydrogens (tertiary/aromatic N) is 2. The van der Waals surface area contributed by atoms with Crippen molar-refractivity contribution in [1.82, 2.24) is 4.90 Å². The van der Waals surface area contributed by atoms with Gasteiger partial charge < -0.3 is 10.6 Å². The van der Waals surface area contributed by atoms with E-state index in [1.54, 1.807) is 0 Å². The molecule has 0 radical (unpaired) electrons. The number of anilines is 1. The van der Waals surface area contributed by atoms with Crippen molar-refractivity contribution in [2.24, 2.45) is 0 Å². The summed E-state index contributed by atoms with van der Waals surface area (Å²) in [5, 5.41) is 10.8. The van der Waals surface area contributed by atoms with E-state index in [2.05, 4.69) is 0 Å². The Kier molecular flexibility index (Phi) is 3.64. The van der Waals surface area contributed by atoms with E-state index in [0.29, 0.717) is 13.1 Å². The molecule has 6 nitrogen and oxygen atoms in total. The Bertz CT molecular complexity index is 527. The van der Waals surface area contributed by atoms with E-state index in [0.717, 1.165) is 31.4 Å². The summed E-state index contributed by atoms with van der Waals surface area (Å²) in [5.74, 6) is -1.39. The maximum Gasteiger partial charge on any atom is 0.293 e. The average molecular weight is 267 g/mol. The third kappa shape index (κ3) is 2.49. The van der Waals surface area contributed by atoms with Crippen molar-refractivity contribution in [3.8, 4) is 0 Å². The number of hydrogen-bond acceptors (Lipinski definition) is 4. The van der Waals surface area contributed by atoms with E-state index < -0.39 is 33.6 Å². The minimum Gasteiger partial charge on any atom is -0.392 e. The number of carbonyl (C=O) groups is 1. The van der Waals surface area contributed by atoms with Crippen LogP contribution in [0.1, 0.15) is 29.6 Å². The summed E-state index contributed by atoms with van der Waals surface area (Å²) < 4.78 is 13.7. The molecule has 1 aliphatic rings. The highest BCUT2D eigenvalue weighted by Gasteiger charge is 2.27. The Morgan fingerprint density at radius 3 is 2.53 bits per heavy atom. The van der Waals surface area contributed by atoms with Crippen LogP contribution in [0.3, 0.4) is 0 Å². The van der Waals surface area contributed by atoms with Crippen molar-refractivity contribution in [2.45, 2.75) is 19.3 Å². The third-order valence-electron chi connectivity index (χ3n) is 3.23. The van der Waals surface area contributed by atoms with E-state index in [-0.39, 0.29) is 0 Å². The third-order valence-corrected chi connectivity index (χ3v) is 3.23. The second-order valence-corrected chi connectivity index (χ2v) is 4.47. The summed E-state index contributed by atoms with van der Waals surface area (Å²) in [4.78, 5) is 23.7. The first-order chi connectivity index (χ1) is 9.02. The summed E-state index contributed by atoms with van der Waals surface area (Å²) in [7, 11) is 0. The molecule has 1 fully saturated rings. The predicted molar refractivity (Wildman–Crippen MR) is 67.2 cm³/mol. The van der Waals surface area contributed by atoms with Gasteiger partial charge in [0.25, 0.3) is 11.6 Å². The molecule has 0 atom stereocenters. The highest BCUT2D eigenvalue weighted by atomic mass is 19.1. The maximum atomic E-state index is 13.7. The van der Waals surface area contributed by atoms with Gasteiger partial charge in [0.2, 0.25) is 0 Å². The molecular weight excluding hydrogens is 253 g/mol. The van der Waals surface area contributed by atoms with Crippen LogP contribution in [0.25, 0.3) is 0 Å². The number of hydrogen-bond donors (Lipinski definition) is 1. The molecule has 0 aliphatic carbocycles. The lowest BCUT2D eigenvalue weighted by Crippen LogP contribution is -2.36. The standard InChI is InChI=1S/C12H14FN3O3/c13-8-4-5-9(16(18)19)11(14)10(8)12(17)15-6-2-1-3-7-15/h4-5H,1-3,6-7,14H2. The number of rotatable bonds is 2. The zero-order valence-electron chi connectivity index (χ0n) is 10.3. The number of nitro benzene ring substituents is 1. The summed E-state index contributed by atoms with van der Waals surface area (Å²) in [6.07, 6.45) is 2.72. The number of piperidine rings is 1. The molecule has 7 heteroatoms. The summed E-state index contributed by atoms with van der Waals surface area (Å²) in [5.41, 5.74) is 4.33. The lowest BCUT2D eigenvalue weighted by Gasteiger charge is -2.27. The Labute approximate surface area is 109 Å². The molecule has 0 bridgehead atoms. The van der Waals surface area contributed by atoms with Crippen LogP contribution in [0.2, 0.25) is 0 Å². The Balaban J connectivity index is 2.40. The van der Waals surface area contributed by atoms with Gasteiger partial charge in [-0.1, -0.05) is 0 Å². The quantitative estimate of drug-likeness (QED) is 0.503. The molecule has 0 aromatic heterocycles. The number of halogens is 1. The number of benzene rings is 1. The van der Waals surface area contributed by atoms with Crippen molar-refractivity contribution in [1.29, 1.82) is 0 Å². The Morgan fingerprint density at radius 1 is 1.32 bits per heavy atom. The number of nitrogen functional groups attached to an aromatic ring is 1. The van der Waals surface area contributed by atoms with Crippen LogP contribution in [-0.2, 0) is 0 Å². The fourth-order valence-corrected chi connectivity index (χ4v) is 2.21. The first kappa shape index (κ1) is 13.3. The van der Waals surface area contributed by atoms with E-state index in [4.69, 9.17) is 5.73 Å². The van der Waals surface area contributed by atoms with Crippen molar-refractivity contribution in [3.05, 3.63) is 33.6 Å². The number of likely N-dealkylation sites (tertiary alicyclic amines) is 1. The zero-order valence-corrected chi connectivity index (χ0v) is 10.3. The van der Waals surface area contributed by atoms with Crippen molar-refractivity contribution in [2.75, 3.05) is 18.8 Å². The van der Waals surface area contributed by atoms with Crippen LogP contribution in [0, 0.1) is 15.9 Å². The van der Waals surface area contributed by atoms with Crippen LogP contribution in [0.4, 0.5) is 15.8 Å². The molecule has 2 rings (SSSR count). The molecule has 1 heterocycles. The minimum atomic E-state index is -0.821. The Hall–Kier alpha value is -2.18. The van der Waals surface area contributed by atoms with E-state index in [1.165, 1.54) is 4.90 Å². The van der Waals surface area contributed by atoms with Crippen LogP contribution in [0.15, 0.2) is 12.1 Å². The van der Waals surface area contributed by atoms with Crippen LogP contribution in [0.5, 0.6) is 0 Å². The summed E-state index contributed by atoms with van der Waals surface area (Å²) in [6, 6.07) is 1.88. The molecule has 0 saturated carbocycles. The van der Waals surface area contributed by atoms with Gasteiger partial charge in [-0.15, -0.1) is 0 Å². The first-order valence-corrected chi connectivity index (χ1v) is 6.04. The summed E-state index contributed by atoms with van der Waals surface area (Å²) in [6.45, 7) is 1.06. The molecule has 1 aromatic carbocycles. The number of carbonyl (C=O) groups excluding carboxylic acids is 1. The molecule has 0 spiro atoms. The minimum absolute atomic E-state index is 0.392. The van der Waals surface area contributed by atoms with Gasteiger partial charge in [0.15, 0.2) is 0 Å². The van der Waals surface area contributed by atoms with Crippen molar-refractivity contribution in [3.63, 3.8) is 0 Å². The van der Waals surface area contributed by atoms with Crippen molar-refractivity contribution >= 4 is 17.3 Å². The molecular formula is C12H14FN3O3. The number of nitrogens with two attached hydrogens (primary N) is 1. The first-order valence-electron chi connectivity index (χ1n) is 6.04. The number of amides is 1. The van der Waals surface area contributed by atoms with Gasteiger partial charge in [-0.2, -0.15) is 0 Å².